The molecule has 142 valence electrons. The van der Waals surface area contributed by atoms with Crippen molar-refractivity contribution in [2.24, 2.45) is 5.41 Å². The molecule has 4 rings (SSSR count). The van der Waals surface area contributed by atoms with E-state index in [9.17, 15) is 5.11 Å². The molecule has 1 aliphatic carbocycles. The van der Waals surface area contributed by atoms with Gasteiger partial charge in [-0.05, 0) is 41.5 Å². The summed E-state index contributed by atoms with van der Waals surface area (Å²) < 4.78 is 1.70. The van der Waals surface area contributed by atoms with Gasteiger partial charge in [0.05, 0.1) is 12.7 Å². The van der Waals surface area contributed by atoms with Gasteiger partial charge in [0.1, 0.15) is 18.3 Å². The number of aromatic amines is 1. The van der Waals surface area contributed by atoms with Crippen molar-refractivity contribution in [3.63, 3.8) is 0 Å². The maximum absolute atomic E-state index is 11.4. The Morgan fingerprint density at radius 3 is 2.63 bits per heavy atom. The Bertz CT molecular complexity index is 841. The van der Waals surface area contributed by atoms with Gasteiger partial charge in [-0.2, -0.15) is 5.10 Å². The fourth-order valence-electron chi connectivity index (χ4n) is 3.28. The minimum Gasteiger partial charge on any atom is -0.383 e. The van der Waals surface area contributed by atoms with E-state index in [1.54, 1.807) is 23.4 Å². The lowest BCUT2D eigenvalue weighted by Gasteiger charge is -2.37. The fraction of sp³-hybridized carbons (Fsp3) is 0.368. The van der Waals surface area contributed by atoms with Crippen LogP contribution in [0, 0.1) is 5.41 Å². The van der Waals surface area contributed by atoms with E-state index >= 15 is 0 Å². The molecule has 8 heteroatoms. The van der Waals surface area contributed by atoms with Crippen LogP contribution in [0.5, 0.6) is 0 Å². The Hall–Kier alpha value is -2.51. The monoisotopic (exact) mass is 386 g/mol. The van der Waals surface area contributed by atoms with Crippen LogP contribution in [0.15, 0.2) is 54.9 Å². The molecule has 0 spiro atoms. The lowest BCUT2D eigenvalue weighted by molar-refractivity contribution is -0.0298. The molecule has 0 saturated heterocycles. The first kappa shape index (κ1) is 19.3. The highest BCUT2D eigenvalue weighted by Crippen LogP contribution is 2.50. The van der Waals surface area contributed by atoms with E-state index < -0.39 is 5.60 Å². The number of nitrogens with zero attached hydrogens (tertiary/aromatic N) is 5. The average molecular weight is 387 g/mol. The molecular weight excluding hydrogens is 364 g/mol. The molecule has 1 saturated carbocycles. The van der Waals surface area contributed by atoms with Crippen molar-refractivity contribution in [1.82, 2.24) is 30.2 Å². The van der Waals surface area contributed by atoms with Crippen molar-refractivity contribution in [1.29, 1.82) is 0 Å². The summed E-state index contributed by atoms with van der Waals surface area (Å²) in [6.45, 7) is 4.62. The van der Waals surface area contributed by atoms with Crippen molar-refractivity contribution < 1.29 is 5.11 Å². The predicted molar refractivity (Wildman–Crippen MR) is 104 cm³/mol. The van der Waals surface area contributed by atoms with Gasteiger partial charge in [0.2, 0.25) is 0 Å². The molecule has 0 aliphatic heterocycles. The Morgan fingerprint density at radius 1 is 1.30 bits per heavy atom. The Kier molecular flexibility index (Phi) is 5.72. The topological polar surface area (TPSA) is 92.5 Å². The average Bonchev–Trinajstić information content (AvgIpc) is 3.39. The number of H-pyrrole nitrogens is 1. The number of benzene rings is 1. The van der Waals surface area contributed by atoms with Crippen LogP contribution in [-0.4, -0.2) is 40.9 Å². The van der Waals surface area contributed by atoms with E-state index in [4.69, 9.17) is 11.6 Å². The van der Waals surface area contributed by atoms with Gasteiger partial charge in [-0.15, -0.1) is 5.10 Å². The van der Waals surface area contributed by atoms with Crippen LogP contribution in [-0.2, 0) is 6.54 Å². The van der Waals surface area contributed by atoms with Gasteiger partial charge in [0, 0.05) is 11.2 Å². The molecule has 2 aromatic heterocycles. The van der Waals surface area contributed by atoms with Crippen LogP contribution in [0.1, 0.15) is 32.3 Å². The molecule has 1 atom stereocenters. The summed E-state index contributed by atoms with van der Waals surface area (Å²) in [7, 11) is 0. The molecule has 0 amide bonds. The molecule has 27 heavy (non-hydrogen) atoms. The Labute approximate surface area is 163 Å². The molecule has 3 aromatic rings. The van der Waals surface area contributed by atoms with Crippen molar-refractivity contribution in [3.8, 4) is 0 Å². The number of hydrogen-bond donors (Lipinski definition) is 2. The summed E-state index contributed by atoms with van der Waals surface area (Å²) >= 11 is 5.94. The van der Waals surface area contributed by atoms with Crippen LogP contribution in [0.25, 0.3) is 6.08 Å². The lowest BCUT2D eigenvalue weighted by atomic mass is 9.76. The zero-order chi connectivity index (χ0) is 19.3. The molecule has 1 aliphatic rings. The highest BCUT2D eigenvalue weighted by molar-refractivity contribution is 6.30. The lowest BCUT2D eigenvalue weighted by Crippen LogP contribution is -2.45. The molecule has 1 unspecified atom stereocenters. The second-order valence-electron chi connectivity index (χ2n) is 7.22. The molecule has 0 bridgehead atoms. The third kappa shape index (κ3) is 4.43. The van der Waals surface area contributed by atoms with E-state index in [0.717, 1.165) is 24.0 Å². The Balaban J connectivity index is 0.000000364. The van der Waals surface area contributed by atoms with Crippen LogP contribution in [0.4, 0.5) is 0 Å². The summed E-state index contributed by atoms with van der Waals surface area (Å²) in [6.07, 6.45) is 10.3. The van der Waals surface area contributed by atoms with Crippen molar-refractivity contribution in [2.45, 2.75) is 38.8 Å². The highest BCUT2D eigenvalue weighted by atomic mass is 35.5. The molecule has 2 N–H and O–H groups in total. The standard InChI is InChI=1S/C17H20ClN3O.C2H3N3/c1-16(2)8-7-14(9-13-3-5-15(18)6-4-13)17(16,22)10-21-12-19-11-20-21;1-2-4-5-3-1/h3-6,9,11-12,22H,7-8,10H2,1-2H3;1-2H,(H,3,4,5). The second-order valence-corrected chi connectivity index (χ2v) is 7.66. The molecule has 7 nitrogen and oxygen atoms in total. The third-order valence-electron chi connectivity index (χ3n) is 5.07. The van der Waals surface area contributed by atoms with Crippen molar-refractivity contribution in [2.75, 3.05) is 0 Å². The van der Waals surface area contributed by atoms with Crippen LogP contribution in [0.3, 0.4) is 0 Å². The van der Waals surface area contributed by atoms with Gasteiger partial charge in [-0.1, -0.05) is 48.9 Å². The minimum absolute atomic E-state index is 0.211. The number of aliphatic hydroxyl groups is 1. The third-order valence-corrected chi connectivity index (χ3v) is 5.32. The molecular formula is C19H23ClN6O. The summed E-state index contributed by atoms with van der Waals surface area (Å²) in [6, 6.07) is 7.67. The van der Waals surface area contributed by atoms with Crippen molar-refractivity contribution >= 4 is 17.7 Å². The highest BCUT2D eigenvalue weighted by Gasteiger charge is 2.51. The predicted octanol–water partition coefficient (Wildman–Crippen LogP) is 3.37. The summed E-state index contributed by atoms with van der Waals surface area (Å²) in [5.74, 6) is 0. The molecule has 1 fully saturated rings. The number of rotatable bonds is 3. The minimum atomic E-state index is -0.930. The van der Waals surface area contributed by atoms with E-state index in [-0.39, 0.29) is 5.41 Å². The van der Waals surface area contributed by atoms with Gasteiger partial charge in [-0.25, -0.2) is 9.67 Å². The van der Waals surface area contributed by atoms with E-state index in [1.165, 1.54) is 6.33 Å². The van der Waals surface area contributed by atoms with Crippen molar-refractivity contribution in [3.05, 3.63) is 65.5 Å². The van der Waals surface area contributed by atoms with Gasteiger partial charge >= 0.3 is 0 Å². The summed E-state index contributed by atoms with van der Waals surface area (Å²) in [5, 5.41) is 25.5. The maximum atomic E-state index is 11.4. The normalized spacial score (nSPS) is 22.4. The molecule has 0 radical (unpaired) electrons. The van der Waals surface area contributed by atoms with Gasteiger partial charge < -0.3 is 5.11 Å². The number of aromatic nitrogens is 6. The SMILES string of the molecule is CC1(C)CCC(=Cc2ccc(Cl)cc2)C1(O)Cn1cncn1.c1c[nH]nn1. The van der Waals surface area contributed by atoms with Gasteiger partial charge in [0.15, 0.2) is 0 Å². The zero-order valence-electron chi connectivity index (χ0n) is 15.4. The molecule has 2 heterocycles. The van der Waals surface area contributed by atoms with Gasteiger partial charge in [-0.3, -0.25) is 5.10 Å². The van der Waals surface area contributed by atoms with Crippen LogP contribution >= 0.6 is 11.6 Å². The van der Waals surface area contributed by atoms with E-state index in [2.05, 4.69) is 45.4 Å². The number of halogens is 1. The first-order chi connectivity index (χ1) is 12.9. The fourth-order valence-corrected chi connectivity index (χ4v) is 3.40. The summed E-state index contributed by atoms with van der Waals surface area (Å²) in [5.41, 5.74) is 0.946. The zero-order valence-corrected chi connectivity index (χ0v) is 16.1. The first-order valence-corrected chi connectivity index (χ1v) is 9.10. The number of hydrogen-bond acceptors (Lipinski definition) is 5. The maximum Gasteiger partial charge on any atom is 0.137 e. The quantitative estimate of drug-likeness (QED) is 0.719. The van der Waals surface area contributed by atoms with E-state index in [1.807, 2.05) is 24.3 Å². The van der Waals surface area contributed by atoms with Gasteiger partial charge in [0.25, 0.3) is 0 Å². The van der Waals surface area contributed by atoms with Crippen LogP contribution < -0.4 is 0 Å². The summed E-state index contributed by atoms with van der Waals surface area (Å²) in [4.78, 5) is 3.97. The first-order valence-electron chi connectivity index (χ1n) is 8.72. The largest absolute Gasteiger partial charge is 0.383 e. The number of nitrogens with one attached hydrogen (secondary N) is 1. The second kappa shape index (κ2) is 8.02. The van der Waals surface area contributed by atoms with Crippen LogP contribution in [0.2, 0.25) is 5.02 Å². The van der Waals surface area contributed by atoms with E-state index in [0.29, 0.717) is 11.6 Å². The Morgan fingerprint density at radius 2 is 2.07 bits per heavy atom. The smallest absolute Gasteiger partial charge is 0.137 e. The molecule has 1 aromatic carbocycles.